The Labute approximate surface area is 182 Å². The van der Waals surface area contributed by atoms with Crippen LogP contribution in [0.25, 0.3) is 10.9 Å². The molecule has 0 fully saturated rings. The zero-order valence-corrected chi connectivity index (χ0v) is 17.8. The van der Waals surface area contributed by atoms with Gasteiger partial charge in [0.2, 0.25) is 5.96 Å². The molecule has 4 rings (SSSR count). The van der Waals surface area contributed by atoms with Crippen molar-refractivity contribution in [2.24, 2.45) is 4.99 Å². The third kappa shape index (κ3) is 5.01. The van der Waals surface area contributed by atoms with E-state index in [-0.39, 0.29) is 5.91 Å². The molecule has 0 unspecified atom stereocenters. The first-order valence-electron chi connectivity index (χ1n) is 10.4. The number of aliphatic imine (C=N–C) groups is 1. The van der Waals surface area contributed by atoms with Gasteiger partial charge in [-0.15, -0.1) is 0 Å². The topological polar surface area (TPSA) is 69.3 Å². The smallest absolute Gasteiger partial charge is 0.257 e. The average molecular weight is 411 g/mol. The second-order valence-electron chi connectivity index (χ2n) is 7.60. The van der Waals surface area contributed by atoms with Gasteiger partial charge in [0.05, 0.1) is 0 Å². The second kappa shape index (κ2) is 9.30. The van der Waals surface area contributed by atoms with Crippen molar-refractivity contribution >= 4 is 28.5 Å². The van der Waals surface area contributed by atoms with E-state index in [0.717, 1.165) is 28.8 Å². The van der Waals surface area contributed by atoms with Crippen LogP contribution >= 0.6 is 0 Å². The van der Waals surface area contributed by atoms with Crippen molar-refractivity contribution in [1.82, 2.24) is 10.3 Å². The summed E-state index contributed by atoms with van der Waals surface area (Å²) in [6, 6.07) is 23.6. The molecule has 3 aromatic carbocycles. The molecule has 3 N–H and O–H groups in total. The fourth-order valence-electron chi connectivity index (χ4n) is 3.50. The minimum atomic E-state index is -0.191. The summed E-state index contributed by atoms with van der Waals surface area (Å²) in [6.07, 6.45) is 2.80. The predicted octanol–water partition coefficient (Wildman–Crippen LogP) is 5.23. The lowest BCUT2D eigenvalue weighted by atomic mass is 10.1. The van der Waals surface area contributed by atoms with Gasteiger partial charge in [-0.3, -0.25) is 15.1 Å². The van der Waals surface area contributed by atoms with Crippen molar-refractivity contribution in [3.63, 3.8) is 0 Å². The van der Waals surface area contributed by atoms with Crippen molar-refractivity contribution in [3.05, 3.63) is 101 Å². The summed E-state index contributed by atoms with van der Waals surface area (Å²) < 4.78 is 0. The standard InChI is InChI=1S/C26H26N4O/c1-18-12-13-19(2)24(16-18)29-26(30-25(31)20-8-4-3-5-9-20)27-15-14-21-17-28-23-11-7-6-10-22(21)23/h3-13,16-17,28H,14-15H2,1-2H3,(H2,27,29,30,31). The highest BCUT2D eigenvalue weighted by Gasteiger charge is 2.10. The third-order valence-corrected chi connectivity index (χ3v) is 5.24. The number of aromatic nitrogens is 1. The summed E-state index contributed by atoms with van der Waals surface area (Å²) in [7, 11) is 0. The molecule has 0 atom stereocenters. The summed E-state index contributed by atoms with van der Waals surface area (Å²) in [5.41, 5.74) is 6.07. The van der Waals surface area contributed by atoms with Gasteiger partial charge < -0.3 is 10.3 Å². The fraction of sp³-hybridized carbons (Fsp3) is 0.154. The zero-order valence-electron chi connectivity index (χ0n) is 17.8. The first-order valence-corrected chi connectivity index (χ1v) is 10.4. The predicted molar refractivity (Wildman–Crippen MR) is 128 cm³/mol. The molecular weight excluding hydrogens is 384 g/mol. The Balaban J connectivity index is 1.54. The number of carbonyl (C=O) groups is 1. The SMILES string of the molecule is Cc1ccc(C)c(NC(=NCCc2c[nH]c3ccccc23)NC(=O)c2ccccc2)c1. The number of fused-ring (bicyclic) bond motifs is 1. The number of hydrogen-bond acceptors (Lipinski definition) is 2. The van der Waals surface area contributed by atoms with Crippen LogP contribution in [0.5, 0.6) is 0 Å². The molecule has 4 aromatic rings. The maximum absolute atomic E-state index is 12.7. The number of nitrogens with one attached hydrogen (secondary N) is 3. The van der Waals surface area contributed by atoms with E-state index < -0.39 is 0 Å². The molecule has 0 saturated carbocycles. The number of benzene rings is 3. The van der Waals surface area contributed by atoms with E-state index in [1.165, 1.54) is 10.9 Å². The maximum Gasteiger partial charge on any atom is 0.257 e. The van der Waals surface area contributed by atoms with Crippen LogP contribution in [0, 0.1) is 13.8 Å². The number of aryl methyl sites for hydroxylation is 2. The number of nitrogens with zero attached hydrogens (tertiary/aromatic N) is 1. The van der Waals surface area contributed by atoms with E-state index in [9.17, 15) is 4.79 Å². The normalized spacial score (nSPS) is 11.5. The number of H-pyrrole nitrogens is 1. The number of guanidine groups is 1. The van der Waals surface area contributed by atoms with E-state index in [1.807, 2.05) is 50.4 Å². The van der Waals surface area contributed by atoms with Crippen molar-refractivity contribution in [2.75, 3.05) is 11.9 Å². The molecule has 1 aromatic heterocycles. The fourth-order valence-corrected chi connectivity index (χ4v) is 3.50. The highest BCUT2D eigenvalue weighted by molar-refractivity contribution is 6.10. The summed E-state index contributed by atoms with van der Waals surface area (Å²) in [6.45, 7) is 4.62. The molecule has 1 heterocycles. The molecule has 1 amide bonds. The quantitative estimate of drug-likeness (QED) is 0.312. The molecule has 0 saturated heterocycles. The van der Waals surface area contributed by atoms with E-state index >= 15 is 0 Å². The van der Waals surface area contributed by atoms with Gasteiger partial charge in [0.1, 0.15) is 0 Å². The van der Waals surface area contributed by atoms with Crippen molar-refractivity contribution in [1.29, 1.82) is 0 Å². The van der Waals surface area contributed by atoms with E-state index in [0.29, 0.717) is 18.1 Å². The molecule has 156 valence electrons. The third-order valence-electron chi connectivity index (χ3n) is 5.24. The Morgan fingerprint density at radius 3 is 2.58 bits per heavy atom. The van der Waals surface area contributed by atoms with E-state index in [4.69, 9.17) is 4.99 Å². The van der Waals surface area contributed by atoms with Crippen LogP contribution in [-0.2, 0) is 6.42 Å². The Morgan fingerprint density at radius 2 is 1.74 bits per heavy atom. The average Bonchev–Trinajstić information content (AvgIpc) is 3.20. The molecule has 0 radical (unpaired) electrons. The maximum atomic E-state index is 12.7. The number of aromatic amines is 1. The highest BCUT2D eigenvalue weighted by Crippen LogP contribution is 2.19. The summed E-state index contributed by atoms with van der Waals surface area (Å²) >= 11 is 0. The Bertz CT molecular complexity index is 1220. The van der Waals surface area contributed by atoms with Gasteiger partial charge in [-0.05, 0) is 61.2 Å². The van der Waals surface area contributed by atoms with E-state index in [1.54, 1.807) is 12.1 Å². The Kier molecular flexibility index (Phi) is 6.13. The largest absolute Gasteiger partial charge is 0.361 e. The minimum Gasteiger partial charge on any atom is -0.361 e. The van der Waals surface area contributed by atoms with Gasteiger partial charge in [0, 0.05) is 34.9 Å². The molecule has 0 aliphatic carbocycles. The molecule has 0 aliphatic heterocycles. The number of carbonyl (C=O) groups excluding carboxylic acids is 1. The summed E-state index contributed by atoms with van der Waals surface area (Å²) in [5, 5.41) is 7.46. The molecule has 0 spiro atoms. The van der Waals surface area contributed by atoms with Gasteiger partial charge >= 0.3 is 0 Å². The lowest BCUT2D eigenvalue weighted by Crippen LogP contribution is -2.36. The van der Waals surface area contributed by atoms with Gasteiger partial charge in [-0.1, -0.05) is 48.5 Å². The lowest BCUT2D eigenvalue weighted by molar-refractivity contribution is 0.0977. The minimum absolute atomic E-state index is 0.191. The van der Waals surface area contributed by atoms with Crippen LogP contribution in [0.1, 0.15) is 27.0 Å². The Morgan fingerprint density at radius 1 is 0.968 bits per heavy atom. The van der Waals surface area contributed by atoms with Crippen LogP contribution in [0.3, 0.4) is 0 Å². The number of anilines is 1. The van der Waals surface area contributed by atoms with Crippen LogP contribution in [0.4, 0.5) is 5.69 Å². The summed E-state index contributed by atoms with van der Waals surface area (Å²) in [5.74, 6) is 0.256. The van der Waals surface area contributed by atoms with Gasteiger partial charge in [-0.25, -0.2) is 0 Å². The highest BCUT2D eigenvalue weighted by atomic mass is 16.1. The molecular formula is C26H26N4O. The molecule has 5 heteroatoms. The van der Waals surface area contributed by atoms with Crippen LogP contribution in [0.15, 0.2) is 84.0 Å². The van der Waals surface area contributed by atoms with Crippen molar-refractivity contribution < 1.29 is 4.79 Å². The van der Waals surface area contributed by atoms with Gasteiger partial charge in [0.25, 0.3) is 5.91 Å². The zero-order chi connectivity index (χ0) is 21.6. The first-order chi connectivity index (χ1) is 15.1. The lowest BCUT2D eigenvalue weighted by Gasteiger charge is -2.14. The summed E-state index contributed by atoms with van der Waals surface area (Å²) in [4.78, 5) is 20.7. The van der Waals surface area contributed by atoms with Gasteiger partial charge in [0.15, 0.2) is 0 Å². The number of hydrogen-bond donors (Lipinski definition) is 3. The number of para-hydroxylation sites is 1. The molecule has 0 aliphatic rings. The van der Waals surface area contributed by atoms with Crippen LogP contribution in [0.2, 0.25) is 0 Å². The molecule has 31 heavy (non-hydrogen) atoms. The Hall–Kier alpha value is -3.86. The molecule has 0 bridgehead atoms. The van der Waals surface area contributed by atoms with Crippen molar-refractivity contribution in [3.8, 4) is 0 Å². The van der Waals surface area contributed by atoms with E-state index in [2.05, 4.69) is 45.9 Å². The van der Waals surface area contributed by atoms with Crippen molar-refractivity contribution in [2.45, 2.75) is 20.3 Å². The second-order valence-corrected chi connectivity index (χ2v) is 7.60. The number of amides is 1. The van der Waals surface area contributed by atoms with Gasteiger partial charge in [-0.2, -0.15) is 0 Å². The monoisotopic (exact) mass is 410 g/mol. The van der Waals surface area contributed by atoms with Crippen LogP contribution < -0.4 is 10.6 Å². The molecule has 5 nitrogen and oxygen atoms in total. The van der Waals surface area contributed by atoms with Crippen LogP contribution in [-0.4, -0.2) is 23.4 Å². The first kappa shape index (κ1) is 20.4. The number of rotatable bonds is 5.